The Morgan fingerprint density at radius 2 is 2.14 bits per heavy atom. The number of carbonyl (C=O) groups excluding carboxylic acids is 1. The second-order valence-corrected chi connectivity index (χ2v) is 5.28. The van der Waals surface area contributed by atoms with E-state index in [1.807, 2.05) is 31.2 Å². The van der Waals surface area contributed by atoms with Gasteiger partial charge in [-0.1, -0.05) is 17.3 Å². The number of nitrogens with one attached hydrogen (secondary N) is 1. The van der Waals surface area contributed by atoms with E-state index in [0.29, 0.717) is 18.1 Å². The number of carbonyl (C=O) groups is 1. The molecule has 0 radical (unpaired) electrons. The van der Waals surface area contributed by atoms with Gasteiger partial charge in [-0.05, 0) is 26.0 Å². The fraction of sp³-hybridized carbons (Fsp3) is 0.333. The molecule has 0 spiro atoms. The number of aryl methyl sites for hydroxylation is 2. The minimum Gasteiger partial charge on any atom is -0.436 e. The number of amides is 1. The van der Waals surface area contributed by atoms with Gasteiger partial charge in [0.1, 0.15) is 5.52 Å². The van der Waals surface area contributed by atoms with Gasteiger partial charge in [-0.3, -0.25) is 4.79 Å². The van der Waals surface area contributed by atoms with Crippen LogP contribution < -0.4 is 5.32 Å². The Balaban J connectivity index is 1.71. The van der Waals surface area contributed by atoms with Crippen molar-refractivity contribution in [3.05, 3.63) is 41.6 Å². The molecular formula is C15H17N5O2. The zero-order valence-corrected chi connectivity index (χ0v) is 12.7. The monoisotopic (exact) mass is 299 g/mol. The summed E-state index contributed by atoms with van der Waals surface area (Å²) in [4.78, 5) is 16.3. The molecule has 1 atom stereocenters. The molecular weight excluding hydrogens is 282 g/mol. The van der Waals surface area contributed by atoms with Gasteiger partial charge in [0, 0.05) is 13.0 Å². The second-order valence-electron chi connectivity index (χ2n) is 5.28. The predicted molar refractivity (Wildman–Crippen MR) is 80.4 cm³/mol. The van der Waals surface area contributed by atoms with Crippen LogP contribution in [-0.2, 0) is 6.54 Å². The van der Waals surface area contributed by atoms with E-state index in [4.69, 9.17) is 4.42 Å². The van der Waals surface area contributed by atoms with E-state index in [1.165, 1.54) is 0 Å². The summed E-state index contributed by atoms with van der Waals surface area (Å²) in [6.07, 6.45) is 0. The average molecular weight is 299 g/mol. The Labute approximate surface area is 127 Å². The number of hydrogen-bond acceptors (Lipinski definition) is 5. The molecule has 114 valence electrons. The van der Waals surface area contributed by atoms with Gasteiger partial charge in [0.25, 0.3) is 5.91 Å². The Bertz CT molecular complexity index is 820. The maximum absolute atomic E-state index is 12.2. The van der Waals surface area contributed by atoms with Crippen LogP contribution in [0.1, 0.15) is 29.1 Å². The van der Waals surface area contributed by atoms with Crippen molar-refractivity contribution in [2.45, 2.75) is 33.4 Å². The molecule has 2 heterocycles. The van der Waals surface area contributed by atoms with Gasteiger partial charge in [0.2, 0.25) is 5.76 Å². The maximum Gasteiger partial charge on any atom is 0.289 e. The Hall–Kier alpha value is -2.70. The number of benzene rings is 1. The molecule has 0 aliphatic carbocycles. The zero-order chi connectivity index (χ0) is 15.7. The van der Waals surface area contributed by atoms with Gasteiger partial charge in [0.05, 0.1) is 17.8 Å². The van der Waals surface area contributed by atoms with Crippen LogP contribution in [0.4, 0.5) is 0 Å². The van der Waals surface area contributed by atoms with Crippen LogP contribution in [0.15, 0.2) is 28.7 Å². The van der Waals surface area contributed by atoms with Crippen molar-refractivity contribution in [2.75, 3.05) is 0 Å². The molecule has 0 saturated carbocycles. The fourth-order valence-corrected chi connectivity index (χ4v) is 2.39. The van der Waals surface area contributed by atoms with Crippen molar-refractivity contribution >= 4 is 16.9 Å². The molecule has 0 aliphatic heterocycles. The highest BCUT2D eigenvalue weighted by Gasteiger charge is 2.18. The number of para-hydroxylation sites is 1. The number of aromatic nitrogens is 4. The summed E-state index contributed by atoms with van der Waals surface area (Å²) in [6.45, 7) is 5.90. The molecule has 0 bridgehead atoms. The first kappa shape index (κ1) is 14.2. The Morgan fingerprint density at radius 3 is 2.86 bits per heavy atom. The highest BCUT2D eigenvalue weighted by atomic mass is 16.4. The average Bonchev–Trinajstić information content (AvgIpc) is 3.02. The normalized spacial score (nSPS) is 12.5. The lowest BCUT2D eigenvalue weighted by molar-refractivity contribution is 0.0906. The summed E-state index contributed by atoms with van der Waals surface area (Å²) in [7, 11) is 0. The number of fused-ring (bicyclic) bond motifs is 1. The van der Waals surface area contributed by atoms with Crippen LogP contribution in [0.3, 0.4) is 0 Å². The quantitative estimate of drug-likeness (QED) is 0.794. The summed E-state index contributed by atoms with van der Waals surface area (Å²) >= 11 is 0. The maximum atomic E-state index is 12.2. The molecule has 1 N–H and O–H groups in total. The zero-order valence-electron chi connectivity index (χ0n) is 12.7. The van der Waals surface area contributed by atoms with E-state index in [2.05, 4.69) is 20.6 Å². The predicted octanol–water partition coefficient (Wildman–Crippen LogP) is 1.85. The molecule has 1 aromatic carbocycles. The van der Waals surface area contributed by atoms with Crippen molar-refractivity contribution in [1.82, 2.24) is 25.3 Å². The second kappa shape index (κ2) is 5.59. The molecule has 0 saturated heterocycles. The van der Waals surface area contributed by atoms with Crippen LogP contribution in [0.25, 0.3) is 11.0 Å². The van der Waals surface area contributed by atoms with Crippen LogP contribution in [0.2, 0.25) is 0 Å². The summed E-state index contributed by atoms with van der Waals surface area (Å²) in [5, 5.41) is 11.1. The Morgan fingerprint density at radius 1 is 1.36 bits per heavy atom. The molecule has 2 aromatic heterocycles. The van der Waals surface area contributed by atoms with Crippen molar-refractivity contribution in [2.24, 2.45) is 0 Å². The lowest BCUT2D eigenvalue weighted by atomic mass is 10.2. The molecule has 7 nitrogen and oxygen atoms in total. The number of rotatable bonds is 4. The first-order chi connectivity index (χ1) is 10.5. The topological polar surface area (TPSA) is 85.8 Å². The van der Waals surface area contributed by atoms with Gasteiger partial charge in [-0.25, -0.2) is 9.67 Å². The van der Waals surface area contributed by atoms with Crippen molar-refractivity contribution in [3.63, 3.8) is 0 Å². The van der Waals surface area contributed by atoms with Gasteiger partial charge in [0.15, 0.2) is 5.89 Å². The number of oxazole rings is 1. The lowest BCUT2D eigenvalue weighted by Gasteiger charge is -2.13. The van der Waals surface area contributed by atoms with E-state index < -0.39 is 0 Å². The highest BCUT2D eigenvalue weighted by Crippen LogP contribution is 2.11. The smallest absolute Gasteiger partial charge is 0.289 e. The number of nitrogens with zero attached hydrogens (tertiary/aromatic N) is 4. The molecule has 0 aliphatic rings. The summed E-state index contributed by atoms with van der Waals surface area (Å²) < 4.78 is 7.10. The minimum atomic E-state index is -0.268. The van der Waals surface area contributed by atoms with Crippen LogP contribution >= 0.6 is 0 Å². The summed E-state index contributed by atoms with van der Waals surface area (Å²) in [6, 6.07) is 7.59. The lowest BCUT2D eigenvalue weighted by Crippen LogP contribution is -2.36. The molecule has 0 fully saturated rings. The standard InChI is InChI=1S/C15H17N5O2/c1-9(16-15(21)14-10(2)17-11(3)22-14)8-20-13-7-5-4-6-12(13)18-19-20/h4-7,9H,8H2,1-3H3,(H,16,21)/t9-/m0/s1. The third-order valence-electron chi connectivity index (χ3n) is 3.35. The molecule has 7 heteroatoms. The van der Waals surface area contributed by atoms with E-state index in [9.17, 15) is 4.79 Å². The molecule has 3 aromatic rings. The van der Waals surface area contributed by atoms with Gasteiger partial charge in [-0.2, -0.15) is 0 Å². The van der Waals surface area contributed by atoms with Crippen molar-refractivity contribution < 1.29 is 9.21 Å². The third kappa shape index (κ3) is 2.69. The molecule has 0 unspecified atom stereocenters. The van der Waals surface area contributed by atoms with Crippen LogP contribution in [0, 0.1) is 13.8 Å². The first-order valence-corrected chi connectivity index (χ1v) is 7.07. The van der Waals surface area contributed by atoms with E-state index in [0.717, 1.165) is 11.0 Å². The molecule has 3 rings (SSSR count). The number of hydrogen-bond donors (Lipinski definition) is 1. The van der Waals surface area contributed by atoms with Gasteiger partial charge >= 0.3 is 0 Å². The fourth-order valence-electron chi connectivity index (χ4n) is 2.39. The minimum absolute atomic E-state index is 0.123. The highest BCUT2D eigenvalue weighted by molar-refractivity contribution is 5.92. The third-order valence-corrected chi connectivity index (χ3v) is 3.35. The molecule has 22 heavy (non-hydrogen) atoms. The summed E-state index contributed by atoms with van der Waals surface area (Å²) in [5.41, 5.74) is 2.37. The Kier molecular flexibility index (Phi) is 3.62. The molecule has 1 amide bonds. The SMILES string of the molecule is Cc1nc(C)c(C(=O)N[C@@H](C)Cn2nnc3ccccc32)o1. The van der Waals surface area contributed by atoms with Crippen LogP contribution in [-0.4, -0.2) is 31.9 Å². The first-order valence-electron chi connectivity index (χ1n) is 7.07. The van der Waals surface area contributed by atoms with Crippen molar-refractivity contribution in [1.29, 1.82) is 0 Å². The van der Waals surface area contributed by atoms with Gasteiger partial charge in [-0.15, -0.1) is 5.10 Å². The van der Waals surface area contributed by atoms with Gasteiger partial charge < -0.3 is 9.73 Å². The van der Waals surface area contributed by atoms with E-state index in [-0.39, 0.29) is 17.7 Å². The van der Waals surface area contributed by atoms with E-state index >= 15 is 0 Å². The van der Waals surface area contributed by atoms with E-state index in [1.54, 1.807) is 18.5 Å². The largest absolute Gasteiger partial charge is 0.436 e. The van der Waals surface area contributed by atoms with Crippen LogP contribution in [0.5, 0.6) is 0 Å². The van der Waals surface area contributed by atoms with Crippen molar-refractivity contribution in [3.8, 4) is 0 Å². The summed E-state index contributed by atoms with van der Waals surface area (Å²) in [5.74, 6) is 0.473.